The van der Waals surface area contributed by atoms with Crippen LogP contribution in [-0.2, 0) is 6.42 Å². The molecule has 1 aromatic rings. The van der Waals surface area contributed by atoms with Crippen molar-refractivity contribution in [1.82, 2.24) is 3.53 Å². The summed E-state index contributed by atoms with van der Waals surface area (Å²) in [5.74, 6) is 0. The molecule has 0 unspecified atom stereocenters. The van der Waals surface area contributed by atoms with Gasteiger partial charge in [0.15, 0.2) is 0 Å². The van der Waals surface area contributed by atoms with Crippen LogP contribution >= 0.6 is 22.9 Å². The van der Waals surface area contributed by atoms with Crippen molar-refractivity contribution in [3.05, 3.63) is 41.6 Å². The molecule has 0 aliphatic heterocycles. The van der Waals surface area contributed by atoms with E-state index in [9.17, 15) is 0 Å². The molecule has 0 fully saturated rings. The van der Waals surface area contributed by atoms with Crippen LogP contribution in [0.15, 0.2) is 30.5 Å². The molecule has 0 radical (unpaired) electrons. The van der Waals surface area contributed by atoms with E-state index in [2.05, 4.69) is 22.6 Å². The third kappa shape index (κ3) is 2.83. The first-order chi connectivity index (χ1) is 6.81. The average molecular weight is 300 g/mol. The van der Waals surface area contributed by atoms with Gasteiger partial charge in [-0.1, -0.05) is 31.2 Å². The van der Waals surface area contributed by atoms with Gasteiger partial charge in [-0.3, -0.25) is 0 Å². The molecular weight excluding hydrogens is 287 g/mol. The Hall–Kier alpha value is -0.840. The first kappa shape index (κ1) is 11.2. The molecule has 0 aliphatic rings. The lowest BCUT2D eigenvalue weighted by Crippen LogP contribution is -1.91. The lowest BCUT2D eigenvalue weighted by molar-refractivity contribution is 1.14. The summed E-state index contributed by atoms with van der Waals surface area (Å²) in [7, 11) is 0. The number of nitrogens with one attached hydrogen (secondary N) is 2. The number of hydrogen-bond acceptors (Lipinski definition) is 2. The van der Waals surface area contributed by atoms with Gasteiger partial charge in [0, 0.05) is 18.0 Å². The van der Waals surface area contributed by atoms with E-state index in [-0.39, 0.29) is 0 Å². The first-order valence-electron chi connectivity index (χ1n) is 4.48. The van der Waals surface area contributed by atoms with Gasteiger partial charge in [0.2, 0.25) is 0 Å². The van der Waals surface area contributed by atoms with Gasteiger partial charge in [0.1, 0.15) is 0 Å². The highest BCUT2D eigenvalue weighted by molar-refractivity contribution is 14.1. The Morgan fingerprint density at radius 2 is 2.07 bits per heavy atom. The van der Waals surface area contributed by atoms with Crippen molar-refractivity contribution in [2.75, 3.05) is 0 Å². The highest BCUT2D eigenvalue weighted by Crippen LogP contribution is 2.13. The third-order valence-electron chi connectivity index (χ3n) is 2.06. The Morgan fingerprint density at radius 1 is 1.43 bits per heavy atom. The number of halogens is 1. The second-order valence-electron chi connectivity index (χ2n) is 2.90. The summed E-state index contributed by atoms with van der Waals surface area (Å²) < 4.78 is 2.90. The molecule has 3 heteroatoms. The monoisotopic (exact) mass is 300 g/mol. The van der Waals surface area contributed by atoms with Gasteiger partial charge in [0.05, 0.1) is 22.9 Å². The van der Waals surface area contributed by atoms with Gasteiger partial charge in [-0.15, -0.1) is 0 Å². The Labute approximate surface area is 98.4 Å². The van der Waals surface area contributed by atoms with Gasteiger partial charge in [-0.2, -0.15) is 0 Å². The van der Waals surface area contributed by atoms with Crippen LogP contribution in [0.4, 0.5) is 0 Å². The molecule has 74 valence electrons. The molecule has 0 saturated heterocycles. The van der Waals surface area contributed by atoms with Crippen LogP contribution in [-0.4, -0.2) is 6.21 Å². The highest BCUT2D eigenvalue weighted by Gasteiger charge is 1.97. The topological polar surface area (TPSA) is 35.9 Å². The van der Waals surface area contributed by atoms with Crippen LogP contribution in [0.5, 0.6) is 0 Å². The number of benzene rings is 1. The second kappa shape index (κ2) is 5.80. The summed E-state index contributed by atoms with van der Waals surface area (Å²) in [6, 6.07) is 8.28. The minimum absolute atomic E-state index is 0.891. The fourth-order valence-electron chi connectivity index (χ4n) is 1.20. The van der Waals surface area contributed by atoms with Crippen molar-refractivity contribution in [2.24, 2.45) is 0 Å². The molecule has 2 N–H and O–H groups in total. The number of hydrogen-bond donors (Lipinski definition) is 2. The predicted molar refractivity (Wildman–Crippen MR) is 69.7 cm³/mol. The average Bonchev–Trinajstić information content (AvgIpc) is 2.26. The van der Waals surface area contributed by atoms with E-state index < -0.39 is 0 Å². The van der Waals surface area contributed by atoms with Crippen molar-refractivity contribution in [3.63, 3.8) is 0 Å². The molecule has 1 aromatic carbocycles. The maximum Gasteiger partial charge on any atom is 0.0555 e. The van der Waals surface area contributed by atoms with E-state index in [0.29, 0.717) is 0 Å². The van der Waals surface area contributed by atoms with Gasteiger partial charge < -0.3 is 8.94 Å². The Bertz CT molecular complexity index is 328. The summed E-state index contributed by atoms with van der Waals surface area (Å²) in [5, 5.41) is 7.26. The van der Waals surface area contributed by atoms with E-state index in [0.717, 1.165) is 17.6 Å². The molecule has 0 heterocycles. The zero-order valence-corrected chi connectivity index (χ0v) is 10.2. The minimum Gasteiger partial charge on any atom is -0.334 e. The molecule has 0 bridgehead atoms. The molecule has 1 rings (SSSR count). The number of allylic oxidation sites excluding steroid dienone is 1. The largest absolute Gasteiger partial charge is 0.334 e. The van der Waals surface area contributed by atoms with Gasteiger partial charge in [-0.25, -0.2) is 0 Å². The SMILES string of the molecule is CCc1ccc(/C(C=N)=C/NI)cc1. The Morgan fingerprint density at radius 3 is 2.50 bits per heavy atom. The van der Waals surface area contributed by atoms with Crippen molar-refractivity contribution < 1.29 is 0 Å². The molecule has 0 saturated carbocycles. The van der Waals surface area contributed by atoms with E-state index in [1.54, 1.807) is 0 Å². The van der Waals surface area contributed by atoms with E-state index in [1.807, 2.05) is 41.2 Å². The van der Waals surface area contributed by atoms with E-state index in [4.69, 9.17) is 5.41 Å². The molecule has 0 spiro atoms. The first-order valence-corrected chi connectivity index (χ1v) is 5.55. The maximum atomic E-state index is 7.26. The van der Waals surface area contributed by atoms with Crippen molar-refractivity contribution in [2.45, 2.75) is 13.3 Å². The quantitative estimate of drug-likeness (QED) is 0.500. The highest BCUT2D eigenvalue weighted by atomic mass is 127. The van der Waals surface area contributed by atoms with Crippen molar-refractivity contribution in [1.29, 1.82) is 5.41 Å². The summed E-state index contributed by atoms with van der Waals surface area (Å²) >= 11 is 2.04. The lowest BCUT2D eigenvalue weighted by Gasteiger charge is -2.02. The Balaban J connectivity index is 2.95. The third-order valence-corrected chi connectivity index (χ3v) is 2.37. The summed E-state index contributed by atoms with van der Waals surface area (Å²) in [5.41, 5.74) is 3.28. The normalized spacial score (nSPS) is 11.1. The molecule has 2 nitrogen and oxygen atoms in total. The predicted octanol–water partition coefficient (Wildman–Crippen LogP) is 3.18. The van der Waals surface area contributed by atoms with E-state index >= 15 is 0 Å². The smallest absolute Gasteiger partial charge is 0.0555 e. The molecule has 0 amide bonds. The van der Waals surface area contributed by atoms with Gasteiger partial charge >= 0.3 is 0 Å². The minimum atomic E-state index is 0.891. The molecule has 0 aliphatic carbocycles. The molecule has 0 aromatic heterocycles. The molecular formula is C11H13IN2. The second-order valence-corrected chi connectivity index (χ2v) is 3.53. The van der Waals surface area contributed by atoms with Crippen LogP contribution in [0, 0.1) is 5.41 Å². The fourth-order valence-corrected chi connectivity index (χ4v) is 1.54. The van der Waals surface area contributed by atoms with Crippen LogP contribution in [0.25, 0.3) is 5.57 Å². The van der Waals surface area contributed by atoms with Gasteiger partial charge in [0.25, 0.3) is 0 Å². The molecule has 0 atom stereocenters. The Kier molecular flexibility index (Phi) is 4.65. The fraction of sp³-hybridized carbons (Fsp3) is 0.182. The van der Waals surface area contributed by atoms with Crippen LogP contribution in [0.1, 0.15) is 18.1 Å². The van der Waals surface area contributed by atoms with Crippen molar-refractivity contribution >= 4 is 34.7 Å². The maximum absolute atomic E-state index is 7.26. The van der Waals surface area contributed by atoms with Crippen LogP contribution < -0.4 is 3.53 Å². The van der Waals surface area contributed by atoms with E-state index in [1.165, 1.54) is 11.8 Å². The number of rotatable bonds is 4. The van der Waals surface area contributed by atoms with Crippen molar-refractivity contribution in [3.8, 4) is 0 Å². The standard InChI is InChI=1S/C11H13IN2/c1-2-9-3-5-10(6-4-9)11(7-13)8-14-12/h3-8,13-14H,2H2,1H3/b11-8+,13-7?. The summed E-state index contributed by atoms with van der Waals surface area (Å²) in [4.78, 5) is 0. The summed E-state index contributed by atoms with van der Waals surface area (Å²) in [6.45, 7) is 2.13. The zero-order chi connectivity index (χ0) is 10.4. The van der Waals surface area contributed by atoms with Crippen LogP contribution in [0.2, 0.25) is 0 Å². The summed E-state index contributed by atoms with van der Waals surface area (Å²) in [6.07, 6.45) is 4.22. The van der Waals surface area contributed by atoms with Crippen LogP contribution in [0.3, 0.4) is 0 Å². The number of aryl methyl sites for hydroxylation is 1. The molecule has 14 heavy (non-hydrogen) atoms. The lowest BCUT2D eigenvalue weighted by atomic mass is 10.0. The zero-order valence-electron chi connectivity index (χ0n) is 8.05. The van der Waals surface area contributed by atoms with Gasteiger partial charge in [-0.05, 0) is 17.5 Å².